The van der Waals surface area contributed by atoms with Gasteiger partial charge in [0.05, 0.1) is 13.2 Å². The highest BCUT2D eigenvalue weighted by Crippen LogP contribution is 1.99. The maximum Gasteiger partial charge on any atom is 0.331 e. The number of benzene rings is 1. The molecule has 0 spiro atoms. The third-order valence-electron chi connectivity index (χ3n) is 3.40. The van der Waals surface area contributed by atoms with Gasteiger partial charge in [-0.2, -0.15) is 0 Å². The van der Waals surface area contributed by atoms with Crippen LogP contribution in [0.15, 0.2) is 46.0 Å². The number of hydrogen-bond donors (Lipinski definition) is 1. The lowest BCUT2D eigenvalue weighted by molar-refractivity contribution is 0.0891. The van der Waals surface area contributed by atoms with Crippen LogP contribution in [0.2, 0.25) is 0 Å². The highest BCUT2D eigenvalue weighted by molar-refractivity contribution is 5.92. The second kappa shape index (κ2) is 7.55. The molecule has 0 aliphatic heterocycles. The topological polar surface area (TPSA) is 82.3 Å². The van der Waals surface area contributed by atoms with E-state index < -0.39 is 17.2 Å². The molecule has 7 heteroatoms. The third kappa shape index (κ3) is 4.17. The molecule has 0 aliphatic rings. The van der Waals surface area contributed by atoms with E-state index in [0.717, 1.165) is 20.8 Å². The number of nitrogens with one attached hydrogen (secondary N) is 1. The van der Waals surface area contributed by atoms with Crippen molar-refractivity contribution >= 4 is 5.91 Å². The summed E-state index contributed by atoms with van der Waals surface area (Å²) in [4.78, 5) is 35.4. The van der Waals surface area contributed by atoms with E-state index in [9.17, 15) is 14.4 Å². The highest BCUT2D eigenvalue weighted by atomic mass is 16.5. The van der Waals surface area contributed by atoms with Crippen LogP contribution in [0.3, 0.4) is 0 Å². The summed E-state index contributed by atoms with van der Waals surface area (Å²) in [5.41, 5.74) is 0.0236. The molecule has 23 heavy (non-hydrogen) atoms. The summed E-state index contributed by atoms with van der Waals surface area (Å²) in [5.74, 6) is -0.481. The SMILES string of the molecule is Cn1c(C(=O)NCCOCc2ccccc2)cc(=O)n(C)c1=O. The maximum absolute atomic E-state index is 12.0. The fourth-order valence-electron chi connectivity index (χ4n) is 2.04. The number of rotatable bonds is 6. The minimum atomic E-state index is -0.539. The van der Waals surface area contributed by atoms with Gasteiger partial charge in [0.1, 0.15) is 5.69 Å². The Balaban J connectivity index is 1.86. The van der Waals surface area contributed by atoms with E-state index in [2.05, 4.69) is 5.32 Å². The Morgan fingerprint density at radius 2 is 1.83 bits per heavy atom. The molecule has 0 bridgehead atoms. The molecule has 1 amide bonds. The Kier molecular flexibility index (Phi) is 5.48. The smallest absolute Gasteiger partial charge is 0.331 e. The Morgan fingerprint density at radius 1 is 1.13 bits per heavy atom. The Labute approximate surface area is 133 Å². The summed E-state index contributed by atoms with van der Waals surface area (Å²) in [6, 6.07) is 10.8. The minimum absolute atomic E-state index is 0.0289. The molecule has 0 radical (unpaired) electrons. The van der Waals surface area contributed by atoms with E-state index in [1.807, 2.05) is 30.3 Å². The number of aromatic nitrogens is 2. The fourth-order valence-corrected chi connectivity index (χ4v) is 2.04. The van der Waals surface area contributed by atoms with E-state index in [1.54, 1.807) is 0 Å². The standard InChI is InChI=1S/C16H19N3O4/c1-18-13(10-14(20)19(2)16(18)22)15(21)17-8-9-23-11-12-6-4-3-5-7-12/h3-7,10H,8-9,11H2,1-2H3,(H,17,21). The zero-order valence-corrected chi connectivity index (χ0v) is 13.1. The van der Waals surface area contributed by atoms with Crippen molar-refractivity contribution in [1.29, 1.82) is 0 Å². The molecular formula is C16H19N3O4. The molecule has 122 valence electrons. The van der Waals surface area contributed by atoms with Gasteiger partial charge >= 0.3 is 5.69 Å². The molecule has 1 N–H and O–H groups in total. The van der Waals surface area contributed by atoms with Crippen molar-refractivity contribution in [2.45, 2.75) is 6.61 Å². The molecule has 0 unspecified atom stereocenters. The van der Waals surface area contributed by atoms with Gasteiger partial charge in [-0.1, -0.05) is 30.3 Å². The molecule has 1 aromatic carbocycles. The third-order valence-corrected chi connectivity index (χ3v) is 3.40. The van der Waals surface area contributed by atoms with Gasteiger partial charge in [0.2, 0.25) is 0 Å². The van der Waals surface area contributed by atoms with Gasteiger partial charge in [0, 0.05) is 26.7 Å². The van der Waals surface area contributed by atoms with Gasteiger partial charge in [-0.05, 0) is 5.56 Å². The average Bonchev–Trinajstić information content (AvgIpc) is 2.56. The van der Waals surface area contributed by atoms with Crippen LogP contribution in [0.5, 0.6) is 0 Å². The zero-order chi connectivity index (χ0) is 16.8. The monoisotopic (exact) mass is 317 g/mol. The van der Waals surface area contributed by atoms with E-state index in [1.165, 1.54) is 14.1 Å². The summed E-state index contributed by atoms with van der Waals surface area (Å²) in [6.45, 7) is 1.08. The number of amides is 1. The average molecular weight is 317 g/mol. The molecular weight excluding hydrogens is 298 g/mol. The van der Waals surface area contributed by atoms with Crippen LogP contribution in [0.25, 0.3) is 0 Å². The second-order valence-corrected chi connectivity index (χ2v) is 5.06. The molecule has 2 aromatic rings. The van der Waals surface area contributed by atoms with Crippen molar-refractivity contribution in [3.05, 3.63) is 68.5 Å². The van der Waals surface area contributed by atoms with E-state index in [-0.39, 0.29) is 12.2 Å². The van der Waals surface area contributed by atoms with Crippen LogP contribution in [-0.4, -0.2) is 28.2 Å². The van der Waals surface area contributed by atoms with Gasteiger partial charge in [-0.25, -0.2) is 4.79 Å². The number of carbonyl (C=O) groups is 1. The van der Waals surface area contributed by atoms with Crippen molar-refractivity contribution in [1.82, 2.24) is 14.5 Å². The van der Waals surface area contributed by atoms with Crippen LogP contribution in [0.4, 0.5) is 0 Å². The van der Waals surface area contributed by atoms with Crippen molar-refractivity contribution < 1.29 is 9.53 Å². The molecule has 0 fully saturated rings. The number of hydrogen-bond acceptors (Lipinski definition) is 4. The van der Waals surface area contributed by atoms with E-state index in [0.29, 0.717) is 13.2 Å². The predicted octanol–water partition coefficient (Wildman–Crippen LogP) is 0.0306. The normalized spacial score (nSPS) is 10.5. The number of carbonyl (C=O) groups excluding carboxylic acids is 1. The van der Waals surface area contributed by atoms with Crippen molar-refractivity contribution in [3.8, 4) is 0 Å². The largest absolute Gasteiger partial charge is 0.375 e. The Hall–Kier alpha value is -2.67. The first-order chi connectivity index (χ1) is 11.0. The highest BCUT2D eigenvalue weighted by Gasteiger charge is 2.12. The molecule has 0 atom stereocenters. The van der Waals surface area contributed by atoms with E-state index in [4.69, 9.17) is 4.74 Å². The minimum Gasteiger partial charge on any atom is -0.375 e. The Bertz CT molecular complexity index is 793. The van der Waals surface area contributed by atoms with Crippen LogP contribution >= 0.6 is 0 Å². The summed E-state index contributed by atoms with van der Waals surface area (Å²) in [5, 5.41) is 2.63. The molecule has 0 aliphatic carbocycles. The van der Waals surface area contributed by atoms with Crippen LogP contribution < -0.4 is 16.6 Å². The van der Waals surface area contributed by atoms with Gasteiger partial charge in [-0.15, -0.1) is 0 Å². The molecule has 0 saturated heterocycles. The van der Waals surface area contributed by atoms with Crippen LogP contribution in [0.1, 0.15) is 16.1 Å². The molecule has 2 rings (SSSR count). The van der Waals surface area contributed by atoms with Crippen molar-refractivity contribution in [2.75, 3.05) is 13.2 Å². The van der Waals surface area contributed by atoms with Crippen LogP contribution in [-0.2, 0) is 25.4 Å². The van der Waals surface area contributed by atoms with Crippen molar-refractivity contribution in [3.63, 3.8) is 0 Å². The quantitative estimate of drug-likeness (QED) is 0.762. The molecule has 0 saturated carbocycles. The molecule has 7 nitrogen and oxygen atoms in total. The van der Waals surface area contributed by atoms with Crippen LogP contribution in [0, 0.1) is 0 Å². The lowest BCUT2D eigenvalue weighted by Crippen LogP contribution is -2.41. The van der Waals surface area contributed by atoms with Gasteiger partial charge < -0.3 is 10.1 Å². The van der Waals surface area contributed by atoms with E-state index >= 15 is 0 Å². The lowest BCUT2D eigenvalue weighted by atomic mass is 10.2. The Morgan fingerprint density at radius 3 is 2.52 bits per heavy atom. The fraction of sp³-hybridized carbons (Fsp3) is 0.312. The molecule has 1 aromatic heterocycles. The van der Waals surface area contributed by atoms with Gasteiger partial charge in [0.15, 0.2) is 0 Å². The summed E-state index contributed by atoms with van der Waals surface area (Å²) < 4.78 is 7.54. The summed E-state index contributed by atoms with van der Waals surface area (Å²) >= 11 is 0. The lowest BCUT2D eigenvalue weighted by Gasteiger charge is -2.10. The first-order valence-electron chi connectivity index (χ1n) is 7.17. The van der Waals surface area contributed by atoms with Gasteiger partial charge in [-0.3, -0.25) is 18.7 Å². The summed E-state index contributed by atoms with van der Waals surface area (Å²) in [7, 11) is 2.81. The zero-order valence-electron chi connectivity index (χ0n) is 13.1. The first kappa shape index (κ1) is 16.7. The summed E-state index contributed by atoms with van der Waals surface area (Å²) in [6.07, 6.45) is 0. The van der Waals surface area contributed by atoms with Crippen molar-refractivity contribution in [2.24, 2.45) is 14.1 Å². The first-order valence-corrected chi connectivity index (χ1v) is 7.17. The molecule has 1 heterocycles. The number of ether oxygens (including phenoxy) is 1. The maximum atomic E-state index is 12.0. The number of nitrogens with zero attached hydrogens (tertiary/aromatic N) is 2. The second-order valence-electron chi connectivity index (χ2n) is 5.06. The van der Waals surface area contributed by atoms with Gasteiger partial charge in [0.25, 0.3) is 11.5 Å². The predicted molar refractivity (Wildman–Crippen MR) is 85.4 cm³/mol.